The number of nitrogen functional groups attached to an aromatic ring is 1. The largest absolute Gasteiger partial charge is 0.399 e. The van der Waals surface area contributed by atoms with Crippen LogP contribution in [0.3, 0.4) is 0 Å². The number of anilines is 3. The van der Waals surface area contributed by atoms with Crippen LogP contribution < -0.4 is 16.4 Å². The molecule has 0 bridgehead atoms. The summed E-state index contributed by atoms with van der Waals surface area (Å²) in [5.74, 6) is -0.434. The van der Waals surface area contributed by atoms with Gasteiger partial charge in [0.05, 0.1) is 11.3 Å². The van der Waals surface area contributed by atoms with Gasteiger partial charge in [-0.25, -0.2) is 0 Å². The summed E-state index contributed by atoms with van der Waals surface area (Å²) < 4.78 is 0. The molecule has 3 aromatic rings. The fourth-order valence-corrected chi connectivity index (χ4v) is 3.03. The fourth-order valence-electron chi connectivity index (χ4n) is 3.03. The Balaban J connectivity index is 1.67. The number of nitrogens with two attached hydrogens (primary N) is 1. The lowest BCUT2D eigenvalue weighted by Gasteiger charge is -2.12. The minimum Gasteiger partial charge on any atom is -0.399 e. The predicted octanol–water partition coefficient (Wildman–Crippen LogP) is 4.71. The van der Waals surface area contributed by atoms with E-state index in [1.165, 1.54) is 0 Å². The van der Waals surface area contributed by atoms with Crippen LogP contribution in [0.25, 0.3) is 0 Å². The van der Waals surface area contributed by atoms with Gasteiger partial charge in [-0.15, -0.1) is 0 Å². The Morgan fingerprint density at radius 2 is 1.59 bits per heavy atom. The minimum absolute atomic E-state index is 0.167. The Morgan fingerprint density at radius 3 is 2.34 bits per heavy atom. The summed E-state index contributed by atoms with van der Waals surface area (Å²) in [7, 11) is 0. The van der Waals surface area contributed by atoms with Gasteiger partial charge >= 0.3 is 0 Å². The molecule has 0 saturated heterocycles. The van der Waals surface area contributed by atoms with E-state index in [-0.39, 0.29) is 18.2 Å². The lowest BCUT2D eigenvalue weighted by molar-refractivity contribution is -0.116. The molecule has 0 atom stereocenters. The van der Waals surface area contributed by atoms with Crippen molar-refractivity contribution < 1.29 is 9.59 Å². The van der Waals surface area contributed by atoms with Crippen LogP contribution in [-0.2, 0) is 11.2 Å². The highest BCUT2D eigenvalue weighted by molar-refractivity contribution is 6.10. The Morgan fingerprint density at radius 1 is 0.862 bits per heavy atom. The molecule has 148 valence electrons. The SMILES string of the molecule is Cc1ccc(NC(=O)c2ccccc2NC(=O)CCc2ccccc2N)cc1C. The van der Waals surface area contributed by atoms with Crippen LogP contribution in [-0.4, -0.2) is 11.8 Å². The fraction of sp³-hybridized carbons (Fsp3) is 0.167. The number of rotatable bonds is 6. The summed E-state index contributed by atoms with van der Waals surface area (Å²) in [6.45, 7) is 4.02. The predicted molar refractivity (Wildman–Crippen MR) is 118 cm³/mol. The van der Waals surface area contributed by atoms with Crippen molar-refractivity contribution in [1.29, 1.82) is 0 Å². The first-order chi connectivity index (χ1) is 13.9. The van der Waals surface area contributed by atoms with Crippen molar-refractivity contribution in [3.05, 3.63) is 89.0 Å². The normalized spacial score (nSPS) is 10.4. The quantitative estimate of drug-likeness (QED) is 0.536. The summed E-state index contributed by atoms with van der Waals surface area (Å²) in [5.41, 5.74) is 11.4. The third-order valence-corrected chi connectivity index (χ3v) is 4.89. The van der Waals surface area contributed by atoms with Crippen molar-refractivity contribution in [1.82, 2.24) is 0 Å². The third kappa shape index (κ3) is 5.23. The zero-order valence-electron chi connectivity index (χ0n) is 16.7. The van der Waals surface area contributed by atoms with Crippen molar-refractivity contribution >= 4 is 28.9 Å². The average molecular weight is 387 g/mol. The first kappa shape index (κ1) is 20.1. The maximum Gasteiger partial charge on any atom is 0.257 e. The second-order valence-corrected chi connectivity index (χ2v) is 7.05. The highest BCUT2D eigenvalue weighted by Gasteiger charge is 2.14. The minimum atomic E-state index is -0.267. The monoisotopic (exact) mass is 387 g/mol. The molecule has 5 heteroatoms. The Labute approximate surface area is 170 Å². The number of nitrogens with one attached hydrogen (secondary N) is 2. The standard InChI is InChI=1S/C24H25N3O2/c1-16-11-13-19(15-17(16)2)26-24(29)20-8-4-6-10-22(20)27-23(28)14-12-18-7-3-5-9-21(18)25/h3-11,13,15H,12,14,25H2,1-2H3,(H,26,29)(H,27,28). The molecule has 0 aliphatic carbocycles. The van der Waals surface area contributed by atoms with E-state index in [2.05, 4.69) is 10.6 Å². The summed E-state index contributed by atoms with van der Waals surface area (Å²) in [6.07, 6.45) is 0.816. The van der Waals surface area contributed by atoms with Crippen LogP contribution in [0, 0.1) is 13.8 Å². The van der Waals surface area contributed by atoms with Gasteiger partial charge in [0.1, 0.15) is 0 Å². The molecule has 0 fully saturated rings. The molecule has 0 aliphatic heterocycles. The molecule has 5 nitrogen and oxygen atoms in total. The van der Waals surface area contributed by atoms with E-state index in [1.807, 2.05) is 56.3 Å². The summed E-state index contributed by atoms with van der Waals surface area (Å²) in [6, 6.07) is 20.2. The Kier molecular flexibility index (Phi) is 6.29. The number of amides is 2. The van der Waals surface area contributed by atoms with E-state index in [0.29, 0.717) is 23.4 Å². The van der Waals surface area contributed by atoms with E-state index >= 15 is 0 Å². The molecule has 29 heavy (non-hydrogen) atoms. The van der Waals surface area contributed by atoms with Crippen LogP contribution in [0.4, 0.5) is 17.1 Å². The smallest absolute Gasteiger partial charge is 0.257 e. The zero-order valence-corrected chi connectivity index (χ0v) is 16.7. The second kappa shape index (κ2) is 9.06. The van der Waals surface area contributed by atoms with E-state index < -0.39 is 0 Å². The molecular formula is C24H25N3O2. The number of carbonyl (C=O) groups is 2. The maximum atomic E-state index is 12.8. The molecule has 0 radical (unpaired) electrons. The Bertz CT molecular complexity index is 1040. The highest BCUT2D eigenvalue weighted by Crippen LogP contribution is 2.20. The van der Waals surface area contributed by atoms with Crippen molar-refractivity contribution in [2.24, 2.45) is 0 Å². The van der Waals surface area contributed by atoms with Crippen LogP contribution in [0.15, 0.2) is 66.7 Å². The Hall–Kier alpha value is -3.60. The zero-order chi connectivity index (χ0) is 20.8. The first-order valence-electron chi connectivity index (χ1n) is 9.55. The van der Waals surface area contributed by atoms with Gasteiger partial charge in [0, 0.05) is 17.8 Å². The number of carbonyl (C=O) groups excluding carboxylic acids is 2. The second-order valence-electron chi connectivity index (χ2n) is 7.05. The van der Waals surface area contributed by atoms with Gasteiger partial charge in [-0.05, 0) is 67.3 Å². The van der Waals surface area contributed by atoms with Crippen molar-refractivity contribution in [3.63, 3.8) is 0 Å². The molecule has 0 heterocycles. The molecule has 0 aliphatic rings. The van der Waals surface area contributed by atoms with Crippen molar-refractivity contribution in [2.75, 3.05) is 16.4 Å². The number of hydrogen-bond donors (Lipinski definition) is 3. The van der Waals surface area contributed by atoms with Crippen molar-refractivity contribution in [2.45, 2.75) is 26.7 Å². The molecule has 0 unspecified atom stereocenters. The number of benzene rings is 3. The molecule has 2 amide bonds. The summed E-state index contributed by atoms with van der Waals surface area (Å²) in [4.78, 5) is 25.2. The van der Waals surface area contributed by atoms with Crippen LogP contribution in [0.2, 0.25) is 0 Å². The summed E-state index contributed by atoms with van der Waals surface area (Å²) in [5, 5.41) is 5.75. The number of para-hydroxylation sites is 2. The van der Waals surface area contributed by atoms with Crippen LogP contribution >= 0.6 is 0 Å². The van der Waals surface area contributed by atoms with Gasteiger partial charge in [-0.2, -0.15) is 0 Å². The van der Waals surface area contributed by atoms with E-state index in [4.69, 9.17) is 5.73 Å². The first-order valence-corrected chi connectivity index (χ1v) is 9.55. The van der Waals surface area contributed by atoms with E-state index in [1.54, 1.807) is 24.3 Å². The molecule has 0 spiro atoms. The van der Waals surface area contributed by atoms with Gasteiger partial charge < -0.3 is 16.4 Å². The van der Waals surface area contributed by atoms with Gasteiger partial charge in [-0.3, -0.25) is 9.59 Å². The van der Waals surface area contributed by atoms with Gasteiger partial charge in [0.25, 0.3) is 5.91 Å². The van der Waals surface area contributed by atoms with E-state index in [0.717, 1.165) is 22.4 Å². The third-order valence-electron chi connectivity index (χ3n) is 4.89. The number of aryl methyl sites for hydroxylation is 3. The van der Waals surface area contributed by atoms with Gasteiger partial charge in [0.2, 0.25) is 5.91 Å². The van der Waals surface area contributed by atoms with Gasteiger partial charge in [0.15, 0.2) is 0 Å². The maximum absolute atomic E-state index is 12.8. The molecule has 3 rings (SSSR count). The molecular weight excluding hydrogens is 362 g/mol. The topological polar surface area (TPSA) is 84.2 Å². The van der Waals surface area contributed by atoms with E-state index in [9.17, 15) is 9.59 Å². The summed E-state index contributed by atoms with van der Waals surface area (Å²) >= 11 is 0. The van der Waals surface area contributed by atoms with Gasteiger partial charge in [-0.1, -0.05) is 36.4 Å². The molecule has 3 aromatic carbocycles. The molecule has 0 saturated carbocycles. The average Bonchev–Trinajstić information content (AvgIpc) is 2.70. The van der Waals surface area contributed by atoms with Crippen LogP contribution in [0.1, 0.15) is 33.5 Å². The number of hydrogen-bond acceptors (Lipinski definition) is 3. The lowest BCUT2D eigenvalue weighted by atomic mass is 10.1. The van der Waals surface area contributed by atoms with Crippen molar-refractivity contribution in [3.8, 4) is 0 Å². The van der Waals surface area contributed by atoms with Crippen LogP contribution in [0.5, 0.6) is 0 Å². The molecule has 0 aromatic heterocycles. The highest BCUT2D eigenvalue weighted by atomic mass is 16.2. The lowest BCUT2D eigenvalue weighted by Crippen LogP contribution is -2.18. The molecule has 4 N–H and O–H groups in total.